The van der Waals surface area contributed by atoms with Gasteiger partial charge in [-0.05, 0) is 31.2 Å². The Bertz CT molecular complexity index is 619. The van der Waals surface area contributed by atoms with E-state index in [1.807, 2.05) is 41.3 Å². The minimum Gasteiger partial charge on any atom is -0.381 e. The van der Waals surface area contributed by atoms with Gasteiger partial charge in [-0.25, -0.2) is 4.79 Å². The highest BCUT2D eigenvalue weighted by Crippen LogP contribution is 2.19. The number of carbonyl (C=O) groups is 1. The normalized spacial score (nSPS) is 14.3. The second kappa shape index (κ2) is 5.87. The second-order valence-corrected chi connectivity index (χ2v) is 4.99. The predicted octanol–water partition coefficient (Wildman–Crippen LogP) is 2.04. The van der Waals surface area contributed by atoms with Crippen LogP contribution in [0.4, 0.5) is 16.2 Å². The number of anilines is 2. The fraction of sp³-hybridized carbons (Fsp3) is 0.333. The Morgan fingerprint density at radius 1 is 1.33 bits per heavy atom. The van der Waals surface area contributed by atoms with Gasteiger partial charge >= 0.3 is 6.03 Å². The number of aromatic nitrogens is 2. The fourth-order valence-corrected chi connectivity index (χ4v) is 2.35. The number of hydrogen-bond acceptors (Lipinski definition) is 3. The Balaban J connectivity index is 1.60. The van der Waals surface area contributed by atoms with Crippen LogP contribution in [0.1, 0.15) is 12.5 Å². The van der Waals surface area contributed by atoms with Crippen LogP contribution in [-0.2, 0) is 13.1 Å². The standard InChI is InChI=1S/C15H19N5O/c1-2-19-11-12(10-18-19)9-17-13-3-5-14(6-4-13)20-8-7-16-15(20)21/h3-6,10-11,17H,2,7-9H2,1H3,(H,16,21). The number of amides is 2. The van der Waals surface area contributed by atoms with E-state index in [-0.39, 0.29) is 6.03 Å². The van der Waals surface area contributed by atoms with E-state index >= 15 is 0 Å². The summed E-state index contributed by atoms with van der Waals surface area (Å²) in [6.07, 6.45) is 3.91. The first-order chi connectivity index (χ1) is 10.3. The first-order valence-corrected chi connectivity index (χ1v) is 7.17. The maximum absolute atomic E-state index is 11.6. The van der Waals surface area contributed by atoms with Gasteiger partial charge in [-0.1, -0.05) is 0 Å². The predicted molar refractivity (Wildman–Crippen MR) is 82.4 cm³/mol. The van der Waals surface area contributed by atoms with Crippen molar-refractivity contribution < 1.29 is 4.79 Å². The van der Waals surface area contributed by atoms with Crippen molar-refractivity contribution in [2.24, 2.45) is 0 Å². The van der Waals surface area contributed by atoms with Gasteiger partial charge in [0.25, 0.3) is 0 Å². The van der Waals surface area contributed by atoms with Gasteiger partial charge in [0.2, 0.25) is 0 Å². The topological polar surface area (TPSA) is 62.2 Å². The van der Waals surface area contributed by atoms with Crippen LogP contribution in [-0.4, -0.2) is 28.9 Å². The molecule has 0 unspecified atom stereocenters. The lowest BCUT2D eigenvalue weighted by atomic mass is 10.2. The molecule has 1 saturated heterocycles. The van der Waals surface area contributed by atoms with Crippen LogP contribution in [0, 0.1) is 0 Å². The average molecular weight is 285 g/mol. The zero-order valence-corrected chi connectivity index (χ0v) is 12.0. The van der Waals surface area contributed by atoms with Crippen molar-refractivity contribution in [1.82, 2.24) is 15.1 Å². The van der Waals surface area contributed by atoms with Crippen LogP contribution in [0.5, 0.6) is 0 Å². The fourth-order valence-electron chi connectivity index (χ4n) is 2.35. The van der Waals surface area contributed by atoms with Crippen molar-refractivity contribution in [1.29, 1.82) is 0 Å². The summed E-state index contributed by atoms with van der Waals surface area (Å²) >= 11 is 0. The third-order valence-electron chi connectivity index (χ3n) is 3.54. The summed E-state index contributed by atoms with van der Waals surface area (Å²) in [4.78, 5) is 13.3. The molecular weight excluding hydrogens is 266 g/mol. The summed E-state index contributed by atoms with van der Waals surface area (Å²) in [6, 6.07) is 7.88. The van der Waals surface area contributed by atoms with E-state index in [2.05, 4.69) is 22.7 Å². The van der Waals surface area contributed by atoms with E-state index in [9.17, 15) is 4.79 Å². The highest BCUT2D eigenvalue weighted by Gasteiger charge is 2.20. The van der Waals surface area contributed by atoms with E-state index in [0.717, 1.165) is 36.6 Å². The maximum Gasteiger partial charge on any atom is 0.321 e. The molecule has 2 heterocycles. The molecule has 6 nitrogen and oxygen atoms in total. The van der Waals surface area contributed by atoms with Crippen molar-refractivity contribution in [3.63, 3.8) is 0 Å². The smallest absolute Gasteiger partial charge is 0.321 e. The molecule has 0 saturated carbocycles. The van der Waals surface area contributed by atoms with Crippen LogP contribution in [0.3, 0.4) is 0 Å². The first-order valence-electron chi connectivity index (χ1n) is 7.17. The molecular formula is C15H19N5O. The zero-order valence-electron chi connectivity index (χ0n) is 12.0. The van der Waals surface area contributed by atoms with Gasteiger partial charge in [-0.2, -0.15) is 5.10 Å². The van der Waals surface area contributed by atoms with Crippen molar-refractivity contribution in [2.75, 3.05) is 23.3 Å². The Labute approximate surface area is 123 Å². The molecule has 1 aliphatic rings. The molecule has 21 heavy (non-hydrogen) atoms. The molecule has 0 spiro atoms. The summed E-state index contributed by atoms with van der Waals surface area (Å²) in [5, 5.41) is 10.4. The number of hydrogen-bond donors (Lipinski definition) is 2. The molecule has 0 bridgehead atoms. The van der Waals surface area contributed by atoms with Crippen molar-refractivity contribution in [3.8, 4) is 0 Å². The third-order valence-corrected chi connectivity index (χ3v) is 3.54. The van der Waals surface area contributed by atoms with E-state index in [1.165, 1.54) is 0 Å². The number of carbonyl (C=O) groups excluding carboxylic acids is 1. The van der Waals surface area contributed by atoms with Gasteiger partial charge in [0, 0.05) is 49.3 Å². The van der Waals surface area contributed by atoms with E-state index in [1.54, 1.807) is 4.90 Å². The summed E-state index contributed by atoms with van der Waals surface area (Å²) in [5.74, 6) is 0. The molecule has 1 aromatic heterocycles. The lowest BCUT2D eigenvalue weighted by molar-refractivity contribution is 0.252. The van der Waals surface area contributed by atoms with E-state index < -0.39 is 0 Å². The Morgan fingerprint density at radius 2 is 2.14 bits per heavy atom. The van der Waals surface area contributed by atoms with Crippen LogP contribution >= 0.6 is 0 Å². The number of nitrogens with zero attached hydrogens (tertiary/aromatic N) is 3. The average Bonchev–Trinajstić information content (AvgIpc) is 3.14. The SMILES string of the molecule is CCn1cc(CNc2ccc(N3CCNC3=O)cc2)cn1. The molecule has 2 N–H and O–H groups in total. The minimum absolute atomic E-state index is 0.0253. The van der Waals surface area contributed by atoms with Crippen LogP contribution in [0.25, 0.3) is 0 Å². The summed E-state index contributed by atoms with van der Waals surface area (Å²) in [5.41, 5.74) is 3.11. The van der Waals surface area contributed by atoms with Crippen molar-refractivity contribution in [2.45, 2.75) is 20.0 Å². The highest BCUT2D eigenvalue weighted by molar-refractivity contribution is 5.94. The number of nitrogens with one attached hydrogen (secondary N) is 2. The van der Waals surface area contributed by atoms with Gasteiger partial charge in [0.15, 0.2) is 0 Å². The third kappa shape index (κ3) is 2.99. The monoisotopic (exact) mass is 285 g/mol. The molecule has 1 aliphatic heterocycles. The first kappa shape index (κ1) is 13.5. The lowest BCUT2D eigenvalue weighted by Gasteiger charge is -2.14. The van der Waals surface area contributed by atoms with Crippen molar-refractivity contribution >= 4 is 17.4 Å². The van der Waals surface area contributed by atoms with E-state index in [0.29, 0.717) is 6.54 Å². The number of rotatable bonds is 5. The molecule has 110 valence electrons. The van der Waals surface area contributed by atoms with Crippen LogP contribution in [0.2, 0.25) is 0 Å². The van der Waals surface area contributed by atoms with Crippen LogP contribution in [0.15, 0.2) is 36.7 Å². The maximum atomic E-state index is 11.6. The molecule has 1 aromatic carbocycles. The molecule has 0 atom stereocenters. The molecule has 6 heteroatoms. The molecule has 1 fully saturated rings. The molecule has 0 radical (unpaired) electrons. The zero-order chi connectivity index (χ0) is 14.7. The van der Waals surface area contributed by atoms with Gasteiger partial charge < -0.3 is 10.6 Å². The second-order valence-electron chi connectivity index (χ2n) is 4.99. The summed E-state index contributed by atoms with van der Waals surface area (Å²) < 4.78 is 1.91. The largest absolute Gasteiger partial charge is 0.381 e. The summed E-state index contributed by atoms with van der Waals surface area (Å²) in [6.45, 7) is 5.12. The number of urea groups is 1. The van der Waals surface area contributed by atoms with Gasteiger partial charge in [-0.15, -0.1) is 0 Å². The molecule has 3 rings (SSSR count). The quantitative estimate of drug-likeness (QED) is 0.883. The molecule has 2 amide bonds. The molecule has 0 aliphatic carbocycles. The molecule has 2 aromatic rings. The minimum atomic E-state index is -0.0253. The Kier molecular flexibility index (Phi) is 3.77. The van der Waals surface area contributed by atoms with Crippen molar-refractivity contribution in [3.05, 3.63) is 42.2 Å². The lowest BCUT2D eigenvalue weighted by Crippen LogP contribution is -2.27. The highest BCUT2D eigenvalue weighted by atomic mass is 16.2. The van der Waals surface area contributed by atoms with Gasteiger partial charge in [0.1, 0.15) is 0 Å². The van der Waals surface area contributed by atoms with Crippen LogP contribution < -0.4 is 15.5 Å². The van der Waals surface area contributed by atoms with Gasteiger partial charge in [-0.3, -0.25) is 9.58 Å². The number of aryl methyl sites for hydroxylation is 1. The Hall–Kier alpha value is -2.50. The Morgan fingerprint density at radius 3 is 2.76 bits per heavy atom. The number of benzene rings is 1. The summed E-state index contributed by atoms with van der Waals surface area (Å²) in [7, 11) is 0. The van der Waals surface area contributed by atoms with E-state index in [4.69, 9.17) is 0 Å². The van der Waals surface area contributed by atoms with Gasteiger partial charge in [0.05, 0.1) is 6.20 Å².